The normalized spacial score (nSPS) is 11.1. The monoisotopic (exact) mass is 446 g/mol. The molecule has 4 rings (SSSR count). The van der Waals surface area contributed by atoms with E-state index in [1.54, 1.807) is 24.5 Å². The summed E-state index contributed by atoms with van der Waals surface area (Å²) in [5.74, 6) is 1.03. The lowest BCUT2D eigenvalue weighted by Crippen LogP contribution is -2.01. The SMILES string of the molecule is CCCCOc1cnc(CCc2ccc3c(F)c(CCc4ccc(F)cc4)ccc3c2)nc1. The topological polar surface area (TPSA) is 35.0 Å². The van der Waals surface area contributed by atoms with Gasteiger partial charge in [0.15, 0.2) is 5.75 Å². The summed E-state index contributed by atoms with van der Waals surface area (Å²) < 4.78 is 33.7. The van der Waals surface area contributed by atoms with Gasteiger partial charge in [-0.25, -0.2) is 18.7 Å². The number of rotatable bonds is 10. The Balaban J connectivity index is 1.37. The third-order valence-corrected chi connectivity index (χ3v) is 5.78. The van der Waals surface area contributed by atoms with E-state index in [4.69, 9.17) is 4.74 Å². The van der Waals surface area contributed by atoms with Gasteiger partial charge >= 0.3 is 0 Å². The van der Waals surface area contributed by atoms with Gasteiger partial charge in [0.25, 0.3) is 0 Å². The molecule has 0 radical (unpaired) electrons. The fourth-order valence-corrected chi connectivity index (χ4v) is 3.80. The minimum absolute atomic E-state index is 0.178. The molecule has 170 valence electrons. The zero-order chi connectivity index (χ0) is 23.0. The van der Waals surface area contributed by atoms with Crippen molar-refractivity contribution >= 4 is 10.8 Å². The summed E-state index contributed by atoms with van der Waals surface area (Å²) in [6.07, 6.45) is 8.28. The molecule has 0 amide bonds. The fraction of sp³-hybridized carbons (Fsp3) is 0.286. The van der Waals surface area contributed by atoms with E-state index >= 15 is 4.39 Å². The molecule has 5 heteroatoms. The summed E-state index contributed by atoms with van der Waals surface area (Å²) in [7, 11) is 0. The van der Waals surface area contributed by atoms with Crippen molar-refractivity contribution in [1.82, 2.24) is 9.97 Å². The number of nitrogens with zero attached hydrogens (tertiary/aromatic N) is 2. The van der Waals surface area contributed by atoms with Gasteiger partial charge in [0.05, 0.1) is 19.0 Å². The Bertz CT molecular complexity index is 1190. The molecule has 3 nitrogen and oxygen atoms in total. The Labute approximate surface area is 193 Å². The predicted molar refractivity (Wildman–Crippen MR) is 128 cm³/mol. The third-order valence-electron chi connectivity index (χ3n) is 5.78. The number of hydrogen-bond donors (Lipinski definition) is 0. The van der Waals surface area contributed by atoms with Crippen molar-refractivity contribution in [2.75, 3.05) is 6.61 Å². The smallest absolute Gasteiger partial charge is 0.155 e. The molecule has 0 saturated heterocycles. The van der Waals surface area contributed by atoms with Crippen molar-refractivity contribution in [3.8, 4) is 5.75 Å². The molecular formula is C28H28F2N2O. The highest BCUT2D eigenvalue weighted by atomic mass is 19.1. The largest absolute Gasteiger partial charge is 0.490 e. The van der Waals surface area contributed by atoms with Gasteiger partial charge in [-0.05, 0) is 59.9 Å². The fourth-order valence-electron chi connectivity index (χ4n) is 3.80. The van der Waals surface area contributed by atoms with Crippen LogP contribution < -0.4 is 4.74 Å². The molecule has 0 unspecified atom stereocenters. The quantitative estimate of drug-likeness (QED) is 0.256. The second kappa shape index (κ2) is 11.0. The van der Waals surface area contributed by atoms with Gasteiger partial charge in [0, 0.05) is 11.8 Å². The summed E-state index contributed by atoms with van der Waals surface area (Å²) in [5.41, 5.74) is 2.79. The maximum absolute atomic E-state index is 15.1. The van der Waals surface area contributed by atoms with Crippen molar-refractivity contribution in [1.29, 1.82) is 0 Å². The van der Waals surface area contributed by atoms with E-state index in [1.165, 1.54) is 12.1 Å². The summed E-state index contributed by atoms with van der Waals surface area (Å²) in [6, 6.07) is 16.1. The number of benzene rings is 3. The number of fused-ring (bicyclic) bond motifs is 1. The first kappa shape index (κ1) is 22.8. The average molecular weight is 447 g/mol. The van der Waals surface area contributed by atoms with Gasteiger partial charge in [0.2, 0.25) is 0 Å². The molecule has 0 N–H and O–H groups in total. The first-order valence-corrected chi connectivity index (χ1v) is 11.5. The number of aromatic nitrogens is 2. The van der Waals surface area contributed by atoms with Crippen LogP contribution in [0.2, 0.25) is 0 Å². The second-order valence-corrected chi connectivity index (χ2v) is 8.26. The summed E-state index contributed by atoms with van der Waals surface area (Å²) in [6.45, 7) is 2.81. The first-order valence-electron chi connectivity index (χ1n) is 11.5. The predicted octanol–water partition coefficient (Wildman–Crippen LogP) is 6.66. The van der Waals surface area contributed by atoms with Crippen LogP contribution in [-0.4, -0.2) is 16.6 Å². The molecule has 0 aliphatic rings. The number of hydrogen-bond acceptors (Lipinski definition) is 3. The Morgan fingerprint density at radius 1 is 0.788 bits per heavy atom. The van der Waals surface area contributed by atoms with E-state index in [0.29, 0.717) is 42.6 Å². The molecule has 0 bridgehead atoms. The maximum atomic E-state index is 15.1. The number of unbranched alkanes of at least 4 members (excludes halogenated alkanes) is 1. The molecule has 0 aliphatic carbocycles. The van der Waals surface area contributed by atoms with E-state index in [1.807, 2.05) is 30.3 Å². The molecule has 0 fully saturated rings. The van der Waals surface area contributed by atoms with E-state index in [-0.39, 0.29) is 11.6 Å². The van der Waals surface area contributed by atoms with Crippen LogP contribution in [0.25, 0.3) is 10.8 Å². The molecule has 0 atom stereocenters. The van der Waals surface area contributed by atoms with Crippen molar-refractivity contribution in [3.63, 3.8) is 0 Å². The number of aryl methyl sites for hydroxylation is 4. The molecular weight excluding hydrogens is 418 g/mol. The third kappa shape index (κ3) is 6.13. The van der Waals surface area contributed by atoms with Gasteiger partial charge in [-0.2, -0.15) is 0 Å². The maximum Gasteiger partial charge on any atom is 0.155 e. The molecule has 33 heavy (non-hydrogen) atoms. The van der Waals surface area contributed by atoms with Crippen LogP contribution in [0, 0.1) is 11.6 Å². The van der Waals surface area contributed by atoms with Crippen molar-refractivity contribution in [2.24, 2.45) is 0 Å². The van der Waals surface area contributed by atoms with Crippen LogP contribution >= 0.6 is 0 Å². The lowest BCUT2D eigenvalue weighted by Gasteiger charge is -2.09. The summed E-state index contributed by atoms with van der Waals surface area (Å²) >= 11 is 0. The van der Waals surface area contributed by atoms with E-state index in [9.17, 15) is 4.39 Å². The summed E-state index contributed by atoms with van der Waals surface area (Å²) in [5, 5.41) is 1.51. The molecule has 1 heterocycles. The number of halogens is 2. The Hall–Kier alpha value is -3.34. The molecule has 1 aromatic heterocycles. The van der Waals surface area contributed by atoms with Crippen LogP contribution in [0.5, 0.6) is 5.75 Å². The van der Waals surface area contributed by atoms with Crippen molar-refractivity contribution in [2.45, 2.75) is 45.4 Å². The van der Waals surface area contributed by atoms with E-state index < -0.39 is 0 Å². The lowest BCUT2D eigenvalue weighted by atomic mass is 9.98. The minimum atomic E-state index is -0.258. The second-order valence-electron chi connectivity index (χ2n) is 8.26. The standard InChI is InChI=1S/C28H28F2N2O/c1-2-3-16-33-25-18-31-27(32-19-25)15-8-21-7-14-26-23(17-21)11-10-22(28(26)30)9-4-20-5-12-24(29)13-6-20/h5-7,10-14,17-19H,2-4,8-9,15-16H2,1H3. The lowest BCUT2D eigenvalue weighted by molar-refractivity contribution is 0.306. The molecule has 0 aliphatic heterocycles. The Kier molecular flexibility index (Phi) is 7.61. The molecule has 0 saturated carbocycles. The zero-order valence-electron chi connectivity index (χ0n) is 18.9. The van der Waals surface area contributed by atoms with Crippen molar-refractivity contribution in [3.05, 3.63) is 101 Å². The first-order chi connectivity index (χ1) is 16.1. The van der Waals surface area contributed by atoms with E-state index in [0.717, 1.165) is 41.6 Å². The van der Waals surface area contributed by atoms with Crippen LogP contribution in [0.15, 0.2) is 67.0 Å². The zero-order valence-corrected chi connectivity index (χ0v) is 18.9. The van der Waals surface area contributed by atoms with Crippen LogP contribution in [-0.2, 0) is 25.7 Å². The average Bonchev–Trinajstić information content (AvgIpc) is 2.84. The molecule has 4 aromatic rings. The molecule has 3 aromatic carbocycles. The highest BCUT2D eigenvalue weighted by Gasteiger charge is 2.09. The van der Waals surface area contributed by atoms with Gasteiger partial charge in [-0.3, -0.25) is 0 Å². The van der Waals surface area contributed by atoms with Crippen LogP contribution in [0.3, 0.4) is 0 Å². The minimum Gasteiger partial charge on any atom is -0.490 e. The van der Waals surface area contributed by atoms with Gasteiger partial charge in [0.1, 0.15) is 17.5 Å². The molecule has 0 spiro atoms. The van der Waals surface area contributed by atoms with Crippen LogP contribution in [0.4, 0.5) is 8.78 Å². The summed E-state index contributed by atoms with van der Waals surface area (Å²) in [4.78, 5) is 8.79. The Morgan fingerprint density at radius 3 is 2.27 bits per heavy atom. The van der Waals surface area contributed by atoms with Crippen molar-refractivity contribution < 1.29 is 13.5 Å². The van der Waals surface area contributed by atoms with Gasteiger partial charge in [-0.15, -0.1) is 0 Å². The number of ether oxygens (including phenoxy) is 1. The van der Waals surface area contributed by atoms with Crippen LogP contribution in [0.1, 0.15) is 42.3 Å². The Morgan fingerprint density at radius 2 is 1.52 bits per heavy atom. The van der Waals surface area contributed by atoms with Gasteiger partial charge in [-0.1, -0.05) is 55.8 Å². The highest BCUT2D eigenvalue weighted by Crippen LogP contribution is 2.24. The highest BCUT2D eigenvalue weighted by molar-refractivity contribution is 5.84. The van der Waals surface area contributed by atoms with Gasteiger partial charge < -0.3 is 4.74 Å². The van der Waals surface area contributed by atoms with E-state index in [2.05, 4.69) is 16.9 Å².